The van der Waals surface area contributed by atoms with Crippen LogP contribution in [0.4, 0.5) is 0 Å². The van der Waals surface area contributed by atoms with E-state index in [-0.39, 0.29) is 0 Å². The van der Waals surface area contributed by atoms with Crippen LogP contribution in [-0.4, -0.2) is 20.2 Å². The summed E-state index contributed by atoms with van der Waals surface area (Å²) in [7, 11) is 0. The van der Waals surface area contributed by atoms with Crippen molar-refractivity contribution < 1.29 is 0 Å². The molecule has 4 nitrogen and oxygen atoms in total. The summed E-state index contributed by atoms with van der Waals surface area (Å²) in [5.74, 6) is 0. The van der Waals surface area contributed by atoms with E-state index in [1.807, 2.05) is 36.4 Å². The number of nitrogens with one attached hydrogen (secondary N) is 1. The first-order valence-electron chi connectivity index (χ1n) is 8.45. The summed E-state index contributed by atoms with van der Waals surface area (Å²) in [6.45, 7) is 0. The first-order chi connectivity index (χ1) is 13.4. The standard InChI is InChI=1S/C21H14N4S2/c1-3-11-22-14(6-1)20-19(21(25-24-20)15-7-2-4-12-23-15)18-10-9-17(27-18)16-8-5-13-26-16/h1-13H,(H,24,25). The number of pyridine rings is 2. The van der Waals surface area contributed by atoms with Crippen LogP contribution in [0.5, 0.6) is 0 Å². The lowest BCUT2D eigenvalue weighted by molar-refractivity contribution is 1.08. The molecule has 0 aliphatic carbocycles. The maximum atomic E-state index is 4.59. The number of nitrogens with zero attached hydrogens (tertiary/aromatic N) is 3. The first-order valence-corrected chi connectivity index (χ1v) is 10.1. The quantitative estimate of drug-likeness (QED) is 0.413. The lowest BCUT2D eigenvalue weighted by atomic mass is 10.1. The third-order valence-corrected chi connectivity index (χ3v) is 6.38. The fourth-order valence-electron chi connectivity index (χ4n) is 2.99. The SMILES string of the molecule is c1ccc(-c2n[nH]c(-c3ccccn3)c2-c2ccc(-c3cccs3)s2)nc1. The number of hydrogen-bond donors (Lipinski definition) is 1. The molecule has 0 saturated heterocycles. The predicted molar refractivity (Wildman–Crippen MR) is 112 cm³/mol. The molecule has 5 heterocycles. The summed E-state index contributed by atoms with van der Waals surface area (Å²) in [5.41, 5.74) is 4.51. The van der Waals surface area contributed by atoms with E-state index in [9.17, 15) is 0 Å². The third-order valence-electron chi connectivity index (χ3n) is 4.21. The van der Waals surface area contributed by atoms with Gasteiger partial charge in [-0.2, -0.15) is 5.10 Å². The van der Waals surface area contributed by atoms with Gasteiger partial charge in [-0.15, -0.1) is 22.7 Å². The third kappa shape index (κ3) is 2.99. The van der Waals surface area contributed by atoms with Crippen LogP contribution in [0, 0.1) is 0 Å². The summed E-state index contributed by atoms with van der Waals surface area (Å²) in [4.78, 5) is 12.7. The average Bonchev–Trinajstić information content (AvgIpc) is 3.48. The van der Waals surface area contributed by atoms with Crippen molar-refractivity contribution in [1.82, 2.24) is 20.2 Å². The Morgan fingerprint density at radius 1 is 0.704 bits per heavy atom. The van der Waals surface area contributed by atoms with E-state index in [1.54, 1.807) is 35.1 Å². The van der Waals surface area contributed by atoms with E-state index in [0.29, 0.717) is 0 Å². The lowest BCUT2D eigenvalue weighted by Crippen LogP contribution is -1.86. The molecule has 5 aromatic rings. The van der Waals surface area contributed by atoms with Crippen molar-refractivity contribution in [2.24, 2.45) is 0 Å². The maximum Gasteiger partial charge on any atom is 0.120 e. The van der Waals surface area contributed by atoms with Gasteiger partial charge in [0.15, 0.2) is 0 Å². The smallest absolute Gasteiger partial charge is 0.120 e. The van der Waals surface area contributed by atoms with Crippen LogP contribution in [-0.2, 0) is 0 Å². The topological polar surface area (TPSA) is 54.5 Å². The molecule has 1 N–H and O–H groups in total. The second kappa shape index (κ2) is 6.90. The Morgan fingerprint density at radius 2 is 1.48 bits per heavy atom. The summed E-state index contributed by atoms with van der Waals surface area (Å²) in [6, 6.07) is 20.3. The van der Waals surface area contributed by atoms with Gasteiger partial charge in [0.05, 0.1) is 17.1 Å². The highest BCUT2D eigenvalue weighted by Gasteiger charge is 2.21. The van der Waals surface area contributed by atoms with Crippen LogP contribution < -0.4 is 0 Å². The molecule has 0 aliphatic heterocycles. The second-order valence-electron chi connectivity index (χ2n) is 5.89. The van der Waals surface area contributed by atoms with Gasteiger partial charge in [-0.3, -0.25) is 15.1 Å². The number of H-pyrrole nitrogens is 1. The minimum atomic E-state index is 0.843. The monoisotopic (exact) mass is 386 g/mol. The zero-order valence-corrected chi connectivity index (χ0v) is 15.8. The van der Waals surface area contributed by atoms with Gasteiger partial charge < -0.3 is 0 Å². The molecular weight excluding hydrogens is 372 g/mol. The van der Waals surface area contributed by atoms with Crippen LogP contribution in [0.1, 0.15) is 0 Å². The molecular formula is C21H14N4S2. The fraction of sp³-hybridized carbons (Fsp3) is 0. The molecule has 130 valence electrons. The zero-order chi connectivity index (χ0) is 18.1. The Bertz CT molecular complexity index is 1100. The van der Waals surface area contributed by atoms with Crippen LogP contribution in [0.25, 0.3) is 43.0 Å². The second-order valence-corrected chi connectivity index (χ2v) is 7.92. The number of rotatable bonds is 4. The number of hydrogen-bond acceptors (Lipinski definition) is 5. The molecule has 27 heavy (non-hydrogen) atoms. The highest BCUT2D eigenvalue weighted by molar-refractivity contribution is 7.23. The average molecular weight is 387 g/mol. The molecule has 0 aliphatic rings. The van der Waals surface area contributed by atoms with E-state index in [2.05, 4.69) is 49.8 Å². The van der Waals surface area contributed by atoms with Crippen molar-refractivity contribution in [3.8, 4) is 43.0 Å². The molecule has 0 fully saturated rings. The molecule has 0 spiro atoms. The van der Waals surface area contributed by atoms with Crippen LogP contribution >= 0.6 is 22.7 Å². The van der Waals surface area contributed by atoms with Gasteiger partial charge in [0.25, 0.3) is 0 Å². The summed E-state index contributed by atoms with van der Waals surface area (Å²) in [5, 5.41) is 9.88. The van der Waals surface area contributed by atoms with Crippen LogP contribution in [0.15, 0.2) is 78.4 Å². The largest absolute Gasteiger partial charge is 0.275 e. The van der Waals surface area contributed by atoms with Crippen molar-refractivity contribution in [1.29, 1.82) is 0 Å². The van der Waals surface area contributed by atoms with Gasteiger partial charge in [0.2, 0.25) is 0 Å². The van der Waals surface area contributed by atoms with Gasteiger partial charge >= 0.3 is 0 Å². The molecule has 0 radical (unpaired) electrons. The Hall–Kier alpha value is -3.09. The van der Waals surface area contributed by atoms with Crippen molar-refractivity contribution in [2.75, 3.05) is 0 Å². The van der Waals surface area contributed by atoms with Gasteiger partial charge in [-0.25, -0.2) is 0 Å². The van der Waals surface area contributed by atoms with E-state index in [4.69, 9.17) is 0 Å². The minimum Gasteiger partial charge on any atom is -0.275 e. The Balaban J connectivity index is 1.71. The summed E-state index contributed by atoms with van der Waals surface area (Å²) < 4.78 is 0. The zero-order valence-electron chi connectivity index (χ0n) is 14.2. The van der Waals surface area contributed by atoms with Crippen molar-refractivity contribution in [3.05, 3.63) is 78.4 Å². The predicted octanol–water partition coefficient (Wildman–Crippen LogP) is 5.99. The molecule has 0 unspecified atom stereocenters. The molecule has 0 amide bonds. The minimum absolute atomic E-state index is 0.843. The maximum absolute atomic E-state index is 4.59. The van der Waals surface area contributed by atoms with E-state index < -0.39 is 0 Å². The van der Waals surface area contributed by atoms with Crippen molar-refractivity contribution in [3.63, 3.8) is 0 Å². The molecule has 5 aromatic heterocycles. The van der Waals surface area contributed by atoms with Crippen LogP contribution in [0.3, 0.4) is 0 Å². The highest BCUT2D eigenvalue weighted by Crippen LogP contribution is 2.43. The molecule has 0 aromatic carbocycles. The number of thiophene rings is 2. The summed E-state index contributed by atoms with van der Waals surface area (Å²) >= 11 is 3.51. The van der Waals surface area contributed by atoms with E-state index in [1.165, 1.54) is 9.75 Å². The Morgan fingerprint density at radius 3 is 2.19 bits per heavy atom. The normalized spacial score (nSPS) is 11.0. The van der Waals surface area contributed by atoms with Gasteiger partial charge in [0, 0.05) is 32.6 Å². The number of aromatic amines is 1. The first kappa shape index (κ1) is 16.1. The molecule has 0 atom stereocenters. The van der Waals surface area contributed by atoms with Gasteiger partial charge in [0.1, 0.15) is 5.69 Å². The number of aromatic nitrogens is 4. The summed E-state index contributed by atoms with van der Waals surface area (Å²) in [6.07, 6.45) is 3.59. The van der Waals surface area contributed by atoms with Crippen molar-refractivity contribution >= 4 is 22.7 Å². The van der Waals surface area contributed by atoms with E-state index >= 15 is 0 Å². The van der Waals surface area contributed by atoms with Crippen molar-refractivity contribution in [2.45, 2.75) is 0 Å². The van der Waals surface area contributed by atoms with Crippen LogP contribution in [0.2, 0.25) is 0 Å². The molecule has 0 saturated carbocycles. The highest BCUT2D eigenvalue weighted by atomic mass is 32.1. The lowest BCUT2D eigenvalue weighted by Gasteiger charge is -2.03. The Kier molecular flexibility index (Phi) is 4.12. The molecule has 0 bridgehead atoms. The van der Waals surface area contributed by atoms with Gasteiger partial charge in [-0.05, 0) is 47.8 Å². The molecule has 5 rings (SSSR count). The Labute approximate surface area is 164 Å². The molecule has 6 heteroatoms. The van der Waals surface area contributed by atoms with Gasteiger partial charge in [-0.1, -0.05) is 18.2 Å². The fourth-order valence-corrected chi connectivity index (χ4v) is 4.88. The van der Waals surface area contributed by atoms with E-state index in [0.717, 1.165) is 33.2 Å².